The molecule has 1 aliphatic heterocycles. The van der Waals surface area contributed by atoms with Gasteiger partial charge in [0.25, 0.3) is 5.91 Å². The number of aryl methyl sites for hydroxylation is 1. The zero-order chi connectivity index (χ0) is 21.8. The summed E-state index contributed by atoms with van der Waals surface area (Å²) in [5, 5.41) is 7.60. The first kappa shape index (κ1) is 19.9. The third-order valence-corrected chi connectivity index (χ3v) is 8.18. The maximum Gasteiger partial charge on any atom is 0.255 e. The van der Waals surface area contributed by atoms with E-state index in [4.69, 9.17) is 11.6 Å². The van der Waals surface area contributed by atoms with Crippen molar-refractivity contribution >= 4 is 28.9 Å². The molecule has 0 unspecified atom stereocenters. The summed E-state index contributed by atoms with van der Waals surface area (Å²) in [4.78, 5) is 13.1. The van der Waals surface area contributed by atoms with Crippen LogP contribution in [-0.2, 0) is 0 Å². The molecule has 162 valence electrons. The van der Waals surface area contributed by atoms with Crippen molar-refractivity contribution in [2.24, 2.45) is 17.8 Å². The van der Waals surface area contributed by atoms with Gasteiger partial charge < -0.3 is 10.6 Å². The number of hydrogen-bond acceptors (Lipinski definition) is 2. The molecule has 2 fully saturated rings. The van der Waals surface area contributed by atoms with E-state index < -0.39 is 0 Å². The topological polar surface area (TPSA) is 41.1 Å². The average Bonchev–Trinajstić information content (AvgIpc) is 3.43. The Kier molecular flexibility index (Phi) is 4.76. The van der Waals surface area contributed by atoms with Gasteiger partial charge in [-0.25, -0.2) is 0 Å². The van der Waals surface area contributed by atoms with Gasteiger partial charge in [0.05, 0.1) is 6.04 Å². The highest BCUT2D eigenvalue weighted by atomic mass is 35.5. The van der Waals surface area contributed by atoms with E-state index in [2.05, 4.69) is 53.1 Å². The van der Waals surface area contributed by atoms with Crippen molar-refractivity contribution in [3.8, 4) is 0 Å². The van der Waals surface area contributed by atoms with Gasteiger partial charge in [0.1, 0.15) is 0 Å². The lowest BCUT2D eigenvalue weighted by atomic mass is 9.68. The monoisotopic (exact) mass is 442 g/mol. The highest BCUT2D eigenvalue weighted by Gasteiger charge is 2.53. The minimum absolute atomic E-state index is 0.0666. The molecule has 0 radical (unpaired) electrons. The van der Waals surface area contributed by atoms with Gasteiger partial charge in [0.15, 0.2) is 0 Å². The Morgan fingerprint density at radius 2 is 1.81 bits per heavy atom. The van der Waals surface area contributed by atoms with Gasteiger partial charge in [-0.15, -0.1) is 0 Å². The average molecular weight is 443 g/mol. The molecular weight excluding hydrogens is 416 g/mol. The van der Waals surface area contributed by atoms with Crippen molar-refractivity contribution in [3.63, 3.8) is 0 Å². The number of carbonyl (C=O) groups is 1. The van der Waals surface area contributed by atoms with Crippen LogP contribution in [0.5, 0.6) is 0 Å². The second-order valence-electron chi connectivity index (χ2n) is 9.68. The van der Waals surface area contributed by atoms with E-state index >= 15 is 0 Å². The molecule has 2 N–H and O–H groups in total. The van der Waals surface area contributed by atoms with Gasteiger partial charge in [-0.05, 0) is 103 Å². The Labute approximate surface area is 194 Å². The molecule has 3 aliphatic rings. The summed E-state index contributed by atoms with van der Waals surface area (Å²) in [7, 11) is 0. The number of amides is 1. The van der Waals surface area contributed by atoms with Crippen LogP contribution in [0, 0.1) is 24.7 Å². The minimum Gasteiger partial charge on any atom is -0.378 e. The number of nitrogens with one attached hydrogen (secondary N) is 2. The van der Waals surface area contributed by atoms with Crippen molar-refractivity contribution in [1.29, 1.82) is 0 Å². The molecule has 1 amide bonds. The van der Waals surface area contributed by atoms with Gasteiger partial charge in [-0.2, -0.15) is 0 Å². The van der Waals surface area contributed by atoms with Crippen LogP contribution in [0.25, 0.3) is 0 Å². The molecular formula is C28H27ClN2O. The van der Waals surface area contributed by atoms with Gasteiger partial charge in [0, 0.05) is 22.0 Å². The number of rotatable bonds is 3. The van der Waals surface area contributed by atoms with Crippen LogP contribution in [0.4, 0.5) is 11.4 Å². The van der Waals surface area contributed by atoms with Crippen molar-refractivity contribution in [2.75, 3.05) is 10.6 Å². The van der Waals surface area contributed by atoms with Crippen molar-refractivity contribution in [2.45, 2.75) is 38.1 Å². The predicted octanol–water partition coefficient (Wildman–Crippen LogP) is 7.20. The SMILES string of the molecule is Cc1cc(Cl)ccc1NC(=O)c1ccc2c(c1)[C@@H]1[C@H]3CC[C@@H](C3)[C@@H]1[C@@H](c1ccccc1)N2. The van der Waals surface area contributed by atoms with Crippen LogP contribution < -0.4 is 10.6 Å². The summed E-state index contributed by atoms with van der Waals surface area (Å²) in [5.41, 5.74) is 6.38. The molecule has 0 saturated heterocycles. The van der Waals surface area contributed by atoms with E-state index in [0.717, 1.165) is 28.7 Å². The normalized spacial score (nSPS) is 27.4. The maximum atomic E-state index is 13.1. The molecule has 3 aromatic rings. The number of hydrogen-bond donors (Lipinski definition) is 2. The largest absolute Gasteiger partial charge is 0.378 e. The Balaban J connectivity index is 1.34. The molecule has 1 heterocycles. The number of anilines is 2. The summed E-state index contributed by atoms with van der Waals surface area (Å²) >= 11 is 6.07. The van der Waals surface area contributed by atoms with Gasteiger partial charge in [-0.3, -0.25) is 4.79 Å². The maximum absolute atomic E-state index is 13.1. The first-order valence-corrected chi connectivity index (χ1v) is 12.0. The Bertz CT molecular complexity index is 1190. The molecule has 3 nitrogen and oxygen atoms in total. The van der Waals surface area contributed by atoms with E-state index in [1.54, 1.807) is 0 Å². The van der Waals surface area contributed by atoms with Gasteiger partial charge >= 0.3 is 0 Å². The van der Waals surface area contributed by atoms with Crippen LogP contribution in [0.1, 0.15) is 58.3 Å². The minimum atomic E-state index is -0.0666. The lowest BCUT2D eigenvalue weighted by Gasteiger charge is -2.43. The van der Waals surface area contributed by atoms with E-state index in [-0.39, 0.29) is 5.91 Å². The fourth-order valence-electron chi connectivity index (χ4n) is 6.58. The molecule has 2 aliphatic carbocycles. The fourth-order valence-corrected chi connectivity index (χ4v) is 6.81. The highest BCUT2D eigenvalue weighted by Crippen LogP contribution is 2.63. The van der Waals surface area contributed by atoms with Gasteiger partial charge in [-0.1, -0.05) is 41.9 Å². The third kappa shape index (κ3) is 3.22. The number of carbonyl (C=O) groups excluding carboxylic acids is 1. The van der Waals surface area contributed by atoms with Crippen LogP contribution in [0.15, 0.2) is 66.7 Å². The number of fused-ring (bicyclic) bond motifs is 7. The summed E-state index contributed by atoms with van der Waals surface area (Å²) in [5.74, 6) is 2.56. The molecule has 2 bridgehead atoms. The zero-order valence-corrected chi connectivity index (χ0v) is 18.9. The number of halogens is 1. The summed E-state index contributed by atoms with van der Waals surface area (Å²) < 4.78 is 0. The Morgan fingerprint density at radius 1 is 1.00 bits per heavy atom. The molecule has 4 heteroatoms. The molecule has 32 heavy (non-hydrogen) atoms. The van der Waals surface area contributed by atoms with Crippen LogP contribution in [0.3, 0.4) is 0 Å². The lowest BCUT2D eigenvalue weighted by molar-refractivity contribution is 0.102. The summed E-state index contributed by atoms with van der Waals surface area (Å²) in [6.45, 7) is 1.96. The molecule has 0 spiro atoms. The first-order chi connectivity index (χ1) is 15.6. The van der Waals surface area contributed by atoms with E-state index in [9.17, 15) is 4.79 Å². The Morgan fingerprint density at radius 3 is 2.62 bits per heavy atom. The molecule has 0 aromatic heterocycles. The third-order valence-electron chi connectivity index (χ3n) is 7.94. The molecule has 3 aromatic carbocycles. The smallest absolute Gasteiger partial charge is 0.255 e. The predicted molar refractivity (Wildman–Crippen MR) is 130 cm³/mol. The van der Waals surface area contributed by atoms with Crippen molar-refractivity contribution in [3.05, 3.63) is 94.0 Å². The van der Waals surface area contributed by atoms with Crippen LogP contribution in [-0.4, -0.2) is 5.91 Å². The van der Waals surface area contributed by atoms with E-state index in [1.165, 1.54) is 36.1 Å². The fraction of sp³-hybridized carbons (Fsp3) is 0.321. The summed E-state index contributed by atoms with van der Waals surface area (Å²) in [6, 6.07) is 23.0. The first-order valence-electron chi connectivity index (χ1n) is 11.6. The number of benzene rings is 3. The molecule has 6 rings (SSSR count). The van der Waals surface area contributed by atoms with Crippen molar-refractivity contribution < 1.29 is 4.79 Å². The Hall–Kier alpha value is -2.78. The highest BCUT2D eigenvalue weighted by molar-refractivity contribution is 6.30. The second-order valence-corrected chi connectivity index (χ2v) is 10.1. The van der Waals surface area contributed by atoms with Crippen molar-refractivity contribution in [1.82, 2.24) is 0 Å². The summed E-state index contributed by atoms with van der Waals surface area (Å²) in [6.07, 6.45) is 3.97. The molecule has 5 atom stereocenters. The van der Waals surface area contributed by atoms with Gasteiger partial charge in [0.2, 0.25) is 0 Å². The lowest BCUT2D eigenvalue weighted by Crippen LogP contribution is -2.35. The standard InChI is InChI=1S/C28H27ClN2O/c1-16-13-21(29)10-12-23(16)31-28(32)20-9-11-24-22(15-20)25-18-7-8-19(14-18)26(25)27(30-24)17-5-3-2-4-6-17/h2-6,9-13,15,18-19,25-27,30H,7-8,14H2,1H3,(H,31,32)/t18-,19-,25-,26-,27+/m0/s1. The quantitative estimate of drug-likeness (QED) is 0.450. The zero-order valence-electron chi connectivity index (χ0n) is 18.1. The van der Waals surface area contributed by atoms with Crippen LogP contribution >= 0.6 is 11.6 Å². The molecule has 2 saturated carbocycles. The second kappa shape index (κ2) is 7.67. The van der Waals surface area contributed by atoms with Crippen LogP contribution in [0.2, 0.25) is 5.02 Å². The van der Waals surface area contributed by atoms with E-state index in [0.29, 0.717) is 22.9 Å². The van der Waals surface area contributed by atoms with E-state index in [1.807, 2.05) is 31.2 Å².